The smallest absolute Gasteiger partial charge is 0.345 e. The fourth-order valence-corrected chi connectivity index (χ4v) is 2.43. The number of carbonyl (C=O) groups is 1. The highest BCUT2D eigenvalue weighted by Crippen LogP contribution is 2.25. The molecule has 0 heterocycles. The van der Waals surface area contributed by atoms with Gasteiger partial charge in [0, 0.05) is 6.42 Å². The largest absolute Gasteiger partial charge is 0.478 e. The average molecular weight is 312 g/mol. The molecule has 1 N–H and O–H groups in total. The Morgan fingerprint density at radius 1 is 1.13 bits per heavy atom. The molecule has 0 unspecified atom stereocenters. The van der Waals surface area contributed by atoms with Crippen LogP contribution in [-0.2, 0) is 16.6 Å². The number of rotatable bonds is 5. The van der Waals surface area contributed by atoms with Gasteiger partial charge in [-0.05, 0) is 35.6 Å². The molecular weight excluding hydrogens is 288 g/mol. The second-order valence-corrected chi connectivity index (χ2v) is 6.91. The Labute approximate surface area is 137 Å². The third-order valence-electron chi connectivity index (χ3n) is 3.78. The predicted octanol–water partition coefficient (Wildman–Crippen LogP) is 4.37. The topological polar surface area (TPSA) is 46.5 Å². The van der Waals surface area contributed by atoms with Crippen LogP contribution in [0.2, 0.25) is 0 Å². The molecule has 2 aromatic rings. The second kappa shape index (κ2) is 6.86. The van der Waals surface area contributed by atoms with E-state index >= 15 is 0 Å². The van der Waals surface area contributed by atoms with Gasteiger partial charge in [-0.15, -0.1) is 0 Å². The van der Waals surface area contributed by atoms with Crippen molar-refractivity contribution < 1.29 is 14.6 Å². The van der Waals surface area contributed by atoms with Gasteiger partial charge in [0.15, 0.2) is 6.10 Å². The Hall–Kier alpha value is -2.29. The van der Waals surface area contributed by atoms with Crippen LogP contribution in [0.3, 0.4) is 0 Å². The number of carboxylic acids is 1. The summed E-state index contributed by atoms with van der Waals surface area (Å²) in [4.78, 5) is 11.5. The summed E-state index contributed by atoms with van der Waals surface area (Å²) in [7, 11) is 0. The van der Waals surface area contributed by atoms with Crippen molar-refractivity contribution in [2.75, 3.05) is 0 Å². The Balaban J connectivity index is 2.12. The standard InChI is InChI=1S/C20H24O3/c1-14-6-5-7-15(12-14)13-18(19(21)22)23-17-10-8-16(9-11-17)20(2,3)4/h5-12,18H,13H2,1-4H3,(H,21,22)/t18-/m1/s1. The highest BCUT2D eigenvalue weighted by Gasteiger charge is 2.21. The fourth-order valence-electron chi connectivity index (χ4n) is 2.43. The first kappa shape index (κ1) is 17.1. The van der Waals surface area contributed by atoms with Gasteiger partial charge < -0.3 is 9.84 Å². The van der Waals surface area contributed by atoms with E-state index < -0.39 is 12.1 Å². The van der Waals surface area contributed by atoms with Crippen LogP contribution in [0.25, 0.3) is 0 Å². The molecule has 0 radical (unpaired) electrons. The molecule has 1 atom stereocenters. The van der Waals surface area contributed by atoms with Crippen molar-refractivity contribution in [2.24, 2.45) is 0 Å². The first-order valence-corrected chi connectivity index (χ1v) is 7.81. The van der Waals surface area contributed by atoms with E-state index in [1.165, 1.54) is 5.56 Å². The minimum absolute atomic E-state index is 0.0618. The zero-order valence-corrected chi connectivity index (χ0v) is 14.2. The van der Waals surface area contributed by atoms with Crippen molar-refractivity contribution >= 4 is 5.97 Å². The lowest BCUT2D eigenvalue weighted by atomic mass is 9.87. The number of hydrogen-bond acceptors (Lipinski definition) is 2. The van der Waals surface area contributed by atoms with Crippen LogP contribution in [0.15, 0.2) is 48.5 Å². The first-order chi connectivity index (χ1) is 10.8. The zero-order chi connectivity index (χ0) is 17.0. The van der Waals surface area contributed by atoms with Crippen LogP contribution in [0.1, 0.15) is 37.5 Å². The summed E-state index contributed by atoms with van der Waals surface area (Å²) in [5.74, 6) is -0.371. The second-order valence-electron chi connectivity index (χ2n) is 6.91. The van der Waals surface area contributed by atoms with E-state index in [9.17, 15) is 9.90 Å². The van der Waals surface area contributed by atoms with Crippen molar-refractivity contribution in [3.63, 3.8) is 0 Å². The van der Waals surface area contributed by atoms with Crippen molar-refractivity contribution in [3.8, 4) is 5.75 Å². The monoisotopic (exact) mass is 312 g/mol. The lowest BCUT2D eigenvalue weighted by molar-refractivity contribution is -0.145. The maximum Gasteiger partial charge on any atom is 0.345 e. The lowest BCUT2D eigenvalue weighted by Crippen LogP contribution is -2.29. The molecule has 0 aromatic heterocycles. The van der Waals surface area contributed by atoms with Crippen LogP contribution in [0.5, 0.6) is 5.75 Å². The zero-order valence-electron chi connectivity index (χ0n) is 14.2. The van der Waals surface area contributed by atoms with E-state index in [0.29, 0.717) is 12.2 Å². The molecule has 0 bridgehead atoms. The number of aliphatic carboxylic acids is 1. The van der Waals surface area contributed by atoms with Crippen LogP contribution in [0, 0.1) is 6.92 Å². The maximum absolute atomic E-state index is 11.5. The van der Waals surface area contributed by atoms with Gasteiger partial charge in [-0.1, -0.05) is 62.7 Å². The predicted molar refractivity (Wildman–Crippen MR) is 92.1 cm³/mol. The highest BCUT2D eigenvalue weighted by molar-refractivity contribution is 5.73. The molecule has 0 aliphatic carbocycles. The number of hydrogen-bond donors (Lipinski definition) is 1. The highest BCUT2D eigenvalue weighted by atomic mass is 16.5. The van der Waals surface area contributed by atoms with E-state index in [-0.39, 0.29) is 5.41 Å². The number of ether oxygens (including phenoxy) is 1. The van der Waals surface area contributed by atoms with Crippen LogP contribution in [-0.4, -0.2) is 17.2 Å². The molecule has 0 aliphatic heterocycles. The van der Waals surface area contributed by atoms with Crippen LogP contribution >= 0.6 is 0 Å². The molecule has 0 saturated heterocycles. The van der Waals surface area contributed by atoms with Crippen LogP contribution < -0.4 is 4.74 Å². The summed E-state index contributed by atoms with van der Waals surface area (Å²) >= 11 is 0. The van der Waals surface area contributed by atoms with E-state index in [1.807, 2.05) is 55.5 Å². The third kappa shape index (κ3) is 4.85. The summed E-state index contributed by atoms with van der Waals surface area (Å²) < 4.78 is 5.69. The maximum atomic E-state index is 11.5. The minimum atomic E-state index is -0.952. The van der Waals surface area contributed by atoms with E-state index in [4.69, 9.17) is 4.74 Å². The first-order valence-electron chi connectivity index (χ1n) is 7.81. The Morgan fingerprint density at radius 3 is 2.30 bits per heavy atom. The third-order valence-corrected chi connectivity index (χ3v) is 3.78. The van der Waals surface area contributed by atoms with Crippen molar-refractivity contribution in [3.05, 3.63) is 65.2 Å². The van der Waals surface area contributed by atoms with Gasteiger partial charge in [0.25, 0.3) is 0 Å². The van der Waals surface area contributed by atoms with Crippen LogP contribution in [0.4, 0.5) is 0 Å². The number of carboxylic acid groups (broad SMARTS) is 1. The average Bonchev–Trinajstić information content (AvgIpc) is 2.46. The van der Waals surface area contributed by atoms with Crippen molar-refractivity contribution in [1.82, 2.24) is 0 Å². The summed E-state index contributed by atoms with van der Waals surface area (Å²) in [5.41, 5.74) is 3.33. The SMILES string of the molecule is Cc1cccc(C[C@@H](Oc2ccc(C(C)(C)C)cc2)C(=O)O)c1. The van der Waals surface area contributed by atoms with E-state index in [0.717, 1.165) is 11.1 Å². The van der Waals surface area contributed by atoms with E-state index in [1.54, 1.807) is 0 Å². The molecule has 0 spiro atoms. The molecule has 0 aliphatic rings. The summed E-state index contributed by atoms with van der Waals surface area (Å²) in [6, 6.07) is 15.5. The molecular formula is C20H24O3. The summed E-state index contributed by atoms with van der Waals surface area (Å²) in [6.07, 6.45) is -0.546. The van der Waals surface area contributed by atoms with Gasteiger partial charge in [0.2, 0.25) is 0 Å². The quantitative estimate of drug-likeness (QED) is 0.892. The minimum Gasteiger partial charge on any atom is -0.478 e. The Bertz CT molecular complexity index is 666. The summed E-state index contributed by atoms with van der Waals surface area (Å²) in [6.45, 7) is 8.41. The van der Waals surface area contributed by atoms with Gasteiger partial charge in [-0.25, -0.2) is 4.79 Å². The Morgan fingerprint density at radius 2 is 1.78 bits per heavy atom. The molecule has 2 rings (SSSR count). The van der Waals surface area contributed by atoms with E-state index in [2.05, 4.69) is 20.8 Å². The molecule has 0 saturated carbocycles. The van der Waals surface area contributed by atoms with Crippen molar-refractivity contribution in [2.45, 2.75) is 45.6 Å². The molecule has 0 fully saturated rings. The number of benzene rings is 2. The molecule has 2 aromatic carbocycles. The Kier molecular flexibility index (Phi) is 5.09. The van der Waals surface area contributed by atoms with Gasteiger partial charge >= 0.3 is 5.97 Å². The fraction of sp³-hybridized carbons (Fsp3) is 0.350. The molecule has 23 heavy (non-hydrogen) atoms. The molecule has 3 nitrogen and oxygen atoms in total. The van der Waals surface area contributed by atoms with Gasteiger partial charge in [-0.2, -0.15) is 0 Å². The summed E-state index contributed by atoms with van der Waals surface area (Å²) in [5, 5.41) is 9.42. The normalized spacial score (nSPS) is 12.7. The van der Waals surface area contributed by atoms with Gasteiger partial charge in [0.05, 0.1) is 0 Å². The molecule has 3 heteroatoms. The lowest BCUT2D eigenvalue weighted by Gasteiger charge is -2.20. The molecule has 122 valence electrons. The molecule has 0 amide bonds. The number of aryl methyl sites for hydroxylation is 1. The van der Waals surface area contributed by atoms with Gasteiger partial charge in [0.1, 0.15) is 5.75 Å². The van der Waals surface area contributed by atoms with Crippen molar-refractivity contribution in [1.29, 1.82) is 0 Å². The van der Waals surface area contributed by atoms with Gasteiger partial charge in [-0.3, -0.25) is 0 Å².